The molecule has 1 unspecified atom stereocenters. The predicted molar refractivity (Wildman–Crippen MR) is 64.6 cm³/mol. The maximum atomic E-state index is 12.1. The lowest BCUT2D eigenvalue weighted by molar-refractivity contribution is 0.411. The first-order valence-corrected chi connectivity index (χ1v) is 6.80. The number of nitrogens with zero attached hydrogens (tertiary/aromatic N) is 1. The molecular formula is C12H15NO3S. The van der Waals surface area contributed by atoms with E-state index in [-0.39, 0.29) is 11.3 Å². The number of aryl methyl sites for hydroxylation is 1. The van der Waals surface area contributed by atoms with E-state index in [0.29, 0.717) is 5.75 Å². The maximum Gasteiger partial charge on any atom is 0.194 e. The number of rotatable bonds is 4. The first-order chi connectivity index (χ1) is 7.97. The third-order valence-corrected chi connectivity index (χ3v) is 4.68. The molecule has 1 atom stereocenters. The number of ether oxygens (including phenoxy) is 1. The standard InChI is InChI=1S/C12H15NO3S/c1-4-10(8-13)17(14,15)11-5-6-12(16-3)9(2)7-11/h5-7,10H,4H2,1-3H3. The Morgan fingerprint density at radius 1 is 1.47 bits per heavy atom. The summed E-state index contributed by atoms with van der Waals surface area (Å²) in [7, 11) is -2.04. The summed E-state index contributed by atoms with van der Waals surface area (Å²) in [6, 6.07) is 6.43. The predicted octanol–water partition coefficient (Wildman–Crippen LogP) is 2.08. The molecule has 1 aromatic rings. The highest BCUT2D eigenvalue weighted by molar-refractivity contribution is 7.92. The van der Waals surface area contributed by atoms with Gasteiger partial charge in [0.25, 0.3) is 0 Å². The van der Waals surface area contributed by atoms with Crippen molar-refractivity contribution in [1.29, 1.82) is 5.26 Å². The Hall–Kier alpha value is -1.54. The van der Waals surface area contributed by atoms with Gasteiger partial charge in [-0.05, 0) is 37.1 Å². The van der Waals surface area contributed by atoms with E-state index >= 15 is 0 Å². The van der Waals surface area contributed by atoms with Gasteiger partial charge in [-0.2, -0.15) is 5.26 Å². The molecule has 0 bridgehead atoms. The zero-order chi connectivity index (χ0) is 13.1. The molecule has 0 fully saturated rings. The van der Waals surface area contributed by atoms with Gasteiger partial charge in [-0.1, -0.05) is 6.92 Å². The second-order valence-electron chi connectivity index (χ2n) is 3.70. The smallest absolute Gasteiger partial charge is 0.194 e. The van der Waals surface area contributed by atoms with Crippen LogP contribution in [0.3, 0.4) is 0 Å². The molecule has 1 rings (SSSR count). The van der Waals surface area contributed by atoms with Crippen LogP contribution >= 0.6 is 0 Å². The van der Waals surface area contributed by atoms with Gasteiger partial charge in [-0.3, -0.25) is 0 Å². The average Bonchev–Trinajstić information content (AvgIpc) is 2.30. The molecule has 0 saturated heterocycles. The molecule has 0 N–H and O–H groups in total. The first kappa shape index (κ1) is 13.5. The van der Waals surface area contributed by atoms with Gasteiger partial charge in [0.05, 0.1) is 18.1 Å². The molecular weight excluding hydrogens is 238 g/mol. The van der Waals surface area contributed by atoms with E-state index in [0.717, 1.165) is 5.56 Å². The topological polar surface area (TPSA) is 67.2 Å². The fraction of sp³-hybridized carbons (Fsp3) is 0.417. The SMILES string of the molecule is CCC(C#N)S(=O)(=O)c1ccc(OC)c(C)c1. The lowest BCUT2D eigenvalue weighted by Gasteiger charge is -2.11. The van der Waals surface area contributed by atoms with Crippen molar-refractivity contribution in [2.24, 2.45) is 0 Å². The third kappa shape index (κ3) is 2.59. The molecule has 0 radical (unpaired) electrons. The normalized spacial score (nSPS) is 12.8. The molecule has 0 heterocycles. The minimum Gasteiger partial charge on any atom is -0.496 e. The first-order valence-electron chi connectivity index (χ1n) is 5.25. The van der Waals surface area contributed by atoms with E-state index in [1.54, 1.807) is 19.9 Å². The molecule has 4 nitrogen and oxygen atoms in total. The largest absolute Gasteiger partial charge is 0.496 e. The van der Waals surface area contributed by atoms with Crippen molar-refractivity contribution in [3.8, 4) is 11.8 Å². The van der Waals surface area contributed by atoms with Crippen molar-refractivity contribution < 1.29 is 13.2 Å². The van der Waals surface area contributed by atoms with Crippen LogP contribution in [0, 0.1) is 18.3 Å². The van der Waals surface area contributed by atoms with Crippen LogP contribution in [-0.2, 0) is 9.84 Å². The molecule has 0 aliphatic rings. The fourth-order valence-electron chi connectivity index (χ4n) is 1.57. The summed E-state index contributed by atoms with van der Waals surface area (Å²) in [5, 5.41) is 7.85. The number of hydrogen-bond acceptors (Lipinski definition) is 4. The monoisotopic (exact) mass is 253 g/mol. The van der Waals surface area contributed by atoms with Gasteiger partial charge in [0.1, 0.15) is 5.75 Å². The van der Waals surface area contributed by atoms with E-state index in [1.165, 1.54) is 19.2 Å². The maximum absolute atomic E-state index is 12.1. The minimum atomic E-state index is -3.57. The summed E-state index contributed by atoms with van der Waals surface area (Å²) >= 11 is 0. The van der Waals surface area contributed by atoms with Crippen LogP contribution in [0.4, 0.5) is 0 Å². The molecule has 0 aliphatic heterocycles. The Kier molecular flexibility index (Phi) is 4.13. The second-order valence-corrected chi connectivity index (χ2v) is 5.83. The summed E-state index contributed by atoms with van der Waals surface area (Å²) in [6.45, 7) is 3.45. The summed E-state index contributed by atoms with van der Waals surface area (Å²) in [5.74, 6) is 0.633. The molecule has 0 spiro atoms. The summed E-state index contributed by atoms with van der Waals surface area (Å²) in [5.41, 5.74) is 0.737. The average molecular weight is 253 g/mol. The Labute approximate surface area is 102 Å². The molecule has 1 aromatic carbocycles. The zero-order valence-corrected chi connectivity index (χ0v) is 10.9. The van der Waals surface area contributed by atoms with Crippen LogP contribution in [0.15, 0.2) is 23.1 Å². The summed E-state index contributed by atoms with van der Waals surface area (Å²) in [6.07, 6.45) is 0.282. The summed E-state index contributed by atoms with van der Waals surface area (Å²) in [4.78, 5) is 0.171. The minimum absolute atomic E-state index is 0.171. The van der Waals surface area contributed by atoms with Gasteiger partial charge in [0, 0.05) is 0 Å². The van der Waals surface area contributed by atoms with Gasteiger partial charge >= 0.3 is 0 Å². The fourth-order valence-corrected chi connectivity index (χ4v) is 3.08. The zero-order valence-electron chi connectivity index (χ0n) is 10.1. The van der Waals surface area contributed by atoms with Gasteiger partial charge in [0.2, 0.25) is 0 Å². The van der Waals surface area contributed by atoms with Crippen molar-refractivity contribution in [2.45, 2.75) is 30.4 Å². The number of methoxy groups -OCH3 is 1. The van der Waals surface area contributed by atoms with Crippen LogP contribution in [0.5, 0.6) is 5.75 Å². The van der Waals surface area contributed by atoms with Crippen LogP contribution in [0.2, 0.25) is 0 Å². The van der Waals surface area contributed by atoms with E-state index < -0.39 is 15.1 Å². The summed E-state index contributed by atoms with van der Waals surface area (Å²) < 4.78 is 29.2. The van der Waals surface area contributed by atoms with E-state index in [4.69, 9.17) is 10.00 Å². The Bertz CT molecular complexity index is 543. The lowest BCUT2D eigenvalue weighted by Crippen LogP contribution is -2.18. The van der Waals surface area contributed by atoms with Crippen molar-refractivity contribution in [3.63, 3.8) is 0 Å². The molecule has 0 aromatic heterocycles. The Balaban J connectivity index is 3.26. The van der Waals surface area contributed by atoms with Crippen LogP contribution in [0.25, 0.3) is 0 Å². The van der Waals surface area contributed by atoms with Crippen LogP contribution < -0.4 is 4.74 Å². The molecule has 5 heteroatoms. The highest BCUT2D eigenvalue weighted by atomic mass is 32.2. The molecule has 0 amide bonds. The van der Waals surface area contributed by atoms with Gasteiger partial charge in [-0.25, -0.2) is 8.42 Å². The number of benzene rings is 1. The van der Waals surface area contributed by atoms with Crippen molar-refractivity contribution >= 4 is 9.84 Å². The van der Waals surface area contributed by atoms with E-state index in [1.807, 2.05) is 6.07 Å². The lowest BCUT2D eigenvalue weighted by atomic mass is 10.2. The van der Waals surface area contributed by atoms with Gasteiger partial charge in [0.15, 0.2) is 15.1 Å². The van der Waals surface area contributed by atoms with Gasteiger partial charge < -0.3 is 4.74 Å². The van der Waals surface area contributed by atoms with Crippen LogP contribution in [-0.4, -0.2) is 20.8 Å². The van der Waals surface area contributed by atoms with Crippen molar-refractivity contribution in [1.82, 2.24) is 0 Å². The highest BCUT2D eigenvalue weighted by Gasteiger charge is 2.26. The molecule has 17 heavy (non-hydrogen) atoms. The van der Waals surface area contributed by atoms with Gasteiger partial charge in [-0.15, -0.1) is 0 Å². The Morgan fingerprint density at radius 2 is 2.12 bits per heavy atom. The third-order valence-electron chi connectivity index (χ3n) is 2.58. The second kappa shape index (κ2) is 5.19. The van der Waals surface area contributed by atoms with Crippen LogP contribution in [0.1, 0.15) is 18.9 Å². The molecule has 0 saturated carbocycles. The highest BCUT2D eigenvalue weighted by Crippen LogP contribution is 2.24. The van der Waals surface area contributed by atoms with Crippen molar-refractivity contribution in [3.05, 3.63) is 23.8 Å². The Morgan fingerprint density at radius 3 is 2.53 bits per heavy atom. The van der Waals surface area contributed by atoms with E-state index in [2.05, 4.69) is 0 Å². The van der Waals surface area contributed by atoms with E-state index in [9.17, 15) is 8.42 Å². The molecule has 92 valence electrons. The van der Waals surface area contributed by atoms with Crippen molar-refractivity contribution in [2.75, 3.05) is 7.11 Å². The number of sulfone groups is 1. The quantitative estimate of drug-likeness (QED) is 0.824. The number of nitriles is 1. The number of hydrogen-bond donors (Lipinski definition) is 0. The molecule has 0 aliphatic carbocycles.